The van der Waals surface area contributed by atoms with E-state index in [0.717, 1.165) is 16.2 Å². The van der Waals surface area contributed by atoms with Crippen molar-refractivity contribution in [3.05, 3.63) is 40.0 Å². The Labute approximate surface area is 106 Å². The Morgan fingerprint density at radius 1 is 1.35 bits per heavy atom. The maximum absolute atomic E-state index is 13.7. The molecule has 1 aromatic heterocycles. The topological polar surface area (TPSA) is 17.8 Å². The second-order valence-corrected chi connectivity index (χ2v) is 4.48. The van der Waals surface area contributed by atoms with E-state index < -0.39 is 11.6 Å². The molecule has 0 atom stereocenters. The lowest BCUT2D eigenvalue weighted by Crippen LogP contribution is -1.98. The molecule has 0 N–H and O–H groups in total. The molecular weight excluding hydrogens is 290 g/mol. The number of hydrogen-bond donors (Lipinski definition) is 0. The molecule has 0 bridgehead atoms. The molecule has 17 heavy (non-hydrogen) atoms. The summed E-state index contributed by atoms with van der Waals surface area (Å²) in [5.41, 5.74) is 1.72. The monoisotopic (exact) mass is 300 g/mol. The Morgan fingerprint density at radius 2 is 2.06 bits per heavy atom. The second kappa shape index (κ2) is 4.56. The molecule has 0 spiro atoms. The lowest BCUT2D eigenvalue weighted by atomic mass is 10.1. The SMILES string of the molecule is CCn1nc(-c2ccc(F)cc2F)c(Br)c1C. The van der Waals surface area contributed by atoms with E-state index in [9.17, 15) is 8.78 Å². The maximum atomic E-state index is 13.7. The lowest BCUT2D eigenvalue weighted by molar-refractivity contribution is 0.584. The molecule has 2 rings (SSSR count). The first-order chi connectivity index (χ1) is 8.04. The van der Waals surface area contributed by atoms with Gasteiger partial charge in [0.1, 0.15) is 17.3 Å². The quantitative estimate of drug-likeness (QED) is 0.822. The van der Waals surface area contributed by atoms with Gasteiger partial charge in [0.25, 0.3) is 0 Å². The van der Waals surface area contributed by atoms with Gasteiger partial charge < -0.3 is 0 Å². The van der Waals surface area contributed by atoms with Gasteiger partial charge >= 0.3 is 0 Å². The van der Waals surface area contributed by atoms with Crippen molar-refractivity contribution in [3.63, 3.8) is 0 Å². The molecule has 0 aliphatic carbocycles. The van der Waals surface area contributed by atoms with E-state index in [4.69, 9.17) is 0 Å². The average molecular weight is 301 g/mol. The Bertz CT molecular complexity index is 564. The molecule has 0 aliphatic heterocycles. The van der Waals surface area contributed by atoms with Gasteiger partial charge in [-0.25, -0.2) is 8.78 Å². The molecule has 2 aromatic rings. The number of aromatic nitrogens is 2. The number of aryl methyl sites for hydroxylation is 1. The molecule has 1 aromatic carbocycles. The Kier molecular flexibility index (Phi) is 3.28. The first-order valence-corrected chi connectivity index (χ1v) is 6.02. The highest BCUT2D eigenvalue weighted by Crippen LogP contribution is 2.31. The van der Waals surface area contributed by atoms with E-state index in [1.807, 2.05) is 13.8 Å². The molecular formula is C12H11BrF2N2. The normalized spacial score (nSPS) is 10.9. The van der Waals surface area contributed by atoms with Crippen molar-refractivity contribution < 1.29 is 8.78 Å². The van der Waals surface area contributed by atoms with Crippen molar-refractivity contribution in [1.82, 2.24) is 9.78 Å². The van der Waals surface area contributed by atoms with Gasteiger partial charge in [-0.2, -0.15) is 5.10 Å². The third kappa shape index (κ3) is 2.11. The molecule has 90 valence electrons. The molecule has 1 heterocycles. The van der Waals surface area contributed by atoms with Crippen LogP contribution in [0.5, 0.6) is 0 Å². The fourth-order valence-corrected chi connectivity index (χ4v) is 2.18. The largest absolute Gasteiger partial charge is 0.268 e. The molecule has 2 nitrogen and oxygen atoms in total. The smallest absolute Gasteiger partial charge is 0.135 e. The lowest BCUT2D eigenvalue weighted by Gasteiger charge is -2.00. The minimum atomic E-state index is -0.605. The summed E-state index contributed by atoms with van der Waals surface area (Å²) in [6.07, 6.45) is 0. The molecule has 0 amide bonds. The minimum absolute atomic E-state index is 0.300. The van der Waals surface area contributed by atoms with Crippen molar-refractivity contribution in [3.8, 4) is 11.3 Å². The van der Waals surface area contributed by atoms with Crippen molar-refractivity contribution in [2.75, 3.05) is 0 Å². The van der Waals surface area contributed by atoms with Gasteiger partial charge in [-0.05, 0) is 41.9 Å². The minimum Gasteiger partial charge on any atom is -0.268 e. The molecule has 0 aliphatic rings. The summed E-state index contributed by atoms with van der Waals surface area (Å²) in [5, 5.41) is 4.30. The molecule has 0 saturated carbocycles. The Morgan fingerprint density at radius 3 is 2.59 bits per heavy atom. The highest BCUT2D eigenvalue weighted by atomic mass is 79.9. The van der Waals surface area contributed by atoms with Gasteiger partial charge in [-0.3, -0.25) is 4.68 Å². The van der Waals surface area contributed by atoms with Crippen LogP contribution in [0.4, 0.5) is 8.78 Å². The van der Waals surface area contributed by atoms with Gasteiger partial charge in [0.2, 0.25) is 0 Å². The third-order valence-electron chi connectivity index (χ3n) is 2.62. The summed E-state index contributed by atoms with van der Waals surface area (Å²) in [5.74, 6) is -1.19. The average Bonchev–Trinajstić information content (AvgIpc) is 2.57. The number of rotatable bonds is 2. The number of benzene rings is 1. The van der Waals surface area contributed by atoms with Gasteiger partial charge in [0.05, 0.1) is 10.2 Å². The Balaban J connectivity index is 2.60. The van der Waals surface area contributed by atoms with Crippen LogP contribution in [0.2, 0.25) is 0 Å². The molecule has 0 fully saturated rings. The van der Waals surface area contributed by atoms with Crippen LogP contribution in [0.1, 0.15) is 12.6 Å². The van der Waals surface area contributed by atoms with Crippen molar-refractivity contribution >= 4 is 15.9 Å². The zero-order chi connectivity index (χ0) is 12.6. The van der Waals surface area contributed by atoms with Crippen LogP contribution in [-0.4, -0.2) is 9.78 Å². The van der Waals surface area contributed by atoms with E-state index in [2.05, 4.69) is 21.0 Å². The van der Waals surface area contributed by atoms with Gasteiger partial charge in [0.15, 0.2) is 0 Å². The summed E-state index contributed by atoms with van der Waals surface area (Å²) in [6.45, 7) is 4.55. The maximum Gasteiger partial charge on any atom is 0.135 e. The summed E-state index contributed by atoms with van der Waals surface area (Å²) >= 11 is 3.39. The van der Waals surface area contributed by atoms with E-state index in [1.165, 1.54) is 12.1 Å². The van der Waals surface area contributed by atoms with Crippen LogP contribution in [0, 0.1) is 18.6 Å². The van der Waals surface area contributed by atoms with Crippen LogP contribution in [0.3, 0.4) is 0 Å². The van der Waals surface area contributed by atoms with Gasteiger partial charge in [-0.1, -0.05) is 0 Å². The molecule has 5 heteroatoms. The molecule has 0 radical (unpaired) electrons. The highest BCUT2D eigenvalue weighted by Gasteiger charge is 2.16. The highest BCUT2D eigenvalue weighted by molar-refractivity contribution is 9.10. The fraction of sp³-hybridized carbons (Fsp3) is 0.250. The Hall–Kier alpha value is -1.23. The summed E-state index contributed by atoms with van der Waals surface area (Å²) in [4.78, 5) is 0. The summed E-state index contributed by atoms with van der Waals surface area (Å²) in [6, 6.07) is 3.49. The standard InChI is InChI=1S/C12H11BrF2N2/c1-3-17-7(2)11(13)12(16-17)9-5-4-8(14)6-10(9)15/h4-6H,3H2,1-2H3. The number of nitrogens with zero attached hydrogens (tertiary/aromatic N) is 2. The summed E-state index contributed by atoms with van der Waals surface area (Å²) < 4.78 is 29.0. The van der Waals surface area contributed by atoms with Crippen LogP contribution >= 0.6 is 15.9 Å². The predicted octanol–water partition coefficient (Wildman–Crippen LogP) is 3.92. The first-order valence-electron chi connectivity index (χ1n) is 5.23. The summed E-state index contributed by atoms with van der Waals surface area (Å²) in [7, 11) is 0. The van der Waals surface area contributed by atoms with Crippen LogP contribution in [0.15, 0.2) is 22.7 Å². The van der Waals surface area contributed by atoms with Crippen molar-refractivity contribution in [2.24, 2.45) is 0 Å². The van der Waals surface area contributed by atoms with Crippen LogP contribution < -0.4 is 0 Å². The zero-order valence-electron chi connectivity index (χ0n) is 9.47. The number of halogens is 3. The third-order valence-corrected chi connectivity index (χ3v) is 3.57. The number of hydrogen-bond acceptors (Lipinski definition) is 1. The van der Waals surface area contributed by atoms with E-state index >= 15 is 0 Å². The molecule has 0 unspecified atom stereocenters. The predicted molar refractivity (Wildman–Crippen MR) is 65.7 cm³/mol. The zero-order valence-corrected chi connectivity index (χ0v) is 11.1. The van der Waals surface area contributed by atoms with Crippen molar-refractivity contribution in [2.45, 2.75) is 20.4 Å². The van der Waals surface area contributed by atoms with Gasteiger partial charge in [-0.15, -0.1) is 0 Å². The van der Waals surface area contributed by atoms with Crippen molar-refractivity contribution in [1.29, 1.82) is 0 Å². The van der Waals surface area contributed by atoms with Gasteiger partial charge in [0, 0.05) is 18.2 Å². The van der Waals surface area contributed by atoms with Crippen LogP contribution in [-0.2, 0) is 6.54 Å². The first kappa shape index (κ1) is 12.2. The fourth-order valence-electron chi connectivity index (χ4n) is 1.69. The van der Waals surface area contributed by atoms with E-state index in [0.29, 0.717) is 17.8 Å². The van der Waals surface area contributed by atoms with E-state index in [1.54, 1.807) is 4.68 Å². The van der Waals surface area contributed by atoms with Crippen LogP contribution in [0.25, 0.3) is 11.3 Å². The second-order valence-electron chi connectivity index (χ2n) is 3.69. The van der Waals surface area contributed by atoms with E-state index in [-0.39, 0.29) is 0 Å². The molecule has 0 saturated heterocycles.